The maximum atomic E-state index is 12.8. The van der Waals surface area contributed by atoms with E-state index in [2.05, 4.69) is 31.9 Å². The van der Waals surface area contributed by atoms with Crippen LogP contribution in [-0.2, 0) is 30.0 Å². The number of rotatable bonds is 6. The summed E-state index contributed by atoms with van der Waals surface area (Å²) in [5, 5.41) is 0. The van der Waals surface area contributed by atoms with Crippen LogP contribution in [0.3, 0.4) is 0 Å². The van der Waals surface area contributed by atoms with Gasteiger partial charge in [-0.2, -0.15) is 26.3 Å². The monoisotopic (exact) mass is 530 g/mol. The van der Waals surface area contributed by atoms with Gasteiger partial charge in [0.15, 0.2) is 0 Å². The van der Waals surface area contributed by atoms with E-state index in [1.807, 2.05) is 0 Å². The highest BCUT2D eigenvalue weighted by molar-refractivity contribution is 9.10. The highest BCUT2D eigenvalue weighted by Gasteiger charge is 2.31. The third-order valence-corrected chi connectivity index (χ3v) is 5.64. The van der Waals surface area contributed by atoms with Gasteiger partial charge in [-0.1, -0.05) is 31.9 Å². The molecule has 0 heterocycles. The molecule has 1 nitrogen and oxygen atoms in total. The smallest absolute Gasteiger partial charge is 0.300 e. The Hall–Kier alpha value is -1.35. The molecule has 0 spiro atoms. The van der Waals surface area contributed by atoms with E-state index in [1.54, 1.807) is 0 Å². The van der Waals surface area contributed by atoms with E-state index in [9.17, 15) is 31.1 Å². The summed E-state index contributed by atoms with van der Waals surface area (Å²) in [6.45, 7) is 0. The Labute approximate surface area is 174 Å². The van der Waals surface area contributed by atoms with Crippen molar-refractivity contribution in [2.45, 2.75) is 38.0 Å². The normalized spacial score (nSPS) is 12.3. The standard InChI is InChI=1S/C19H14Br2F6O/c20-16-7-3-13(18(22,23)24)9-11(16)1-5-15(28)6-2-12-10-14(19(25,26)27)4-8-17(12)21/h3-4,7-10H,1-2,5-6H2. The molecular formula is C19H14Br2F6O. The lowest BCUT2D eigenvalue weighted by Crippen LogP contribution is -2.08. The Morgan fingerprint density at radius 1 is 0.714 bits per heavy atom. The van der Waals surface area contributed by atoms with Gasteiger partial charge in [-0.3, -0.25) is 4.79 Å². The summed E-state index contributed by atoms with van der Waals surface area (Å²) in [7, 11) is 0. The molecule has 0 fully saturated rings. The highest BCUT2D eigenvalue weighted by Crippen LogP contribution is 2.33. The predicted molar refractivity (Wildman–Crippen MR) is 99.9 cm³/mol. The molecule has 0 unspecified atom stereocenters. The maximum absolute atomic E-state index is 12.8. The Bertz CT molecular complexity index is 789. The molecule has 0 radical (unpaired) electrons. The minimum absolute atomic E-state index is 0.00348. The second-order valence-corrected chi connectivity index (χ2v) is 7.86. The number of hydrogen-bond donors (Lipinski definition) is 0. The van der Waals surface area contributed by atoms with Crippen molar-refractivity contribution in [2.24, 2.45) is 0 Å². The molecule has 28 heavy (non-hydrogen) atoms. The summed E-state index contributed by atoms with van der Waals surface area (Å²) in [4.78, 5) is 12.1. The highest BCUT2D eigenvalue weighted by atomic mass is 79.9. The van der Waals surface area contributed by atoms with Crippen LogP contribution in [0, 0.1) is 0 Å². The third kappa shape index (κ3) is 6.34. The zero-order chi connectivity index (χ0) is 21.1. The predicted octanol–water partition coefficient (Wildman–Crippen LogP) is 7.38. The first-order chi connectivity index (χ1) is 12.9. The van der Waals surface area contributed by atoms with Crippen LogP contribution >= 0.6 is 31.9 Å². The number of benzene rings is 2. The van der Waals surface area contributed by atoms with Crippen LogP contribution in [0.1, 0.15) is 35.1 Å². The summed E-state index contributed by atoms with van der Waals surface area (Å²) in [6.07, 6.45) is -8.75. The Morgan fingerprint density at radius 2 is 1.07 bits per heavy atom. The fourth-order valence-corrected chi connectivity index (χ4v) is 3.45. The van der Waals surface area contributed by atoms with Crippen LogP contribution in [-0.4, -0.2) is 5.78 Å². The number of carbonyl (C=O) groups is 1. The van der Waals surface area contributed by atoms with Crippen LogP contribution in [0.4, 0.5) is 26.3 Å². The molecule has 0 aliphatic carbocycles. The van der Waals surface area contributed by atoms with Gasteiger partial charge in [0, 0.05) is 21.8 Å². The van der Waals surface area contributed by atoms with Gasteiger partial charge in [0.2, 0.25) is 0 Å². The summed E-state index contributed by atoms with van der Waals surface area (Å²) in [6, 6.07) is 6.42. The topological polar surface area (TPSA) is 17.1 Å². The van der Waals surface area contributed by atoms with E-state index < -0.39 is 23.5 Å². The van der Waals surface area contributed by atoms with Crippen molar-refractivity contribution < 1.29 is 31.1 Å². The fourth-order valence-electron chi connectivity index (χ4n) is 2.56. The van der Waals surface area contributed by atoms with Crippen molar-refractivity contribution in [2.75, 3.05) is 0 Å². The maximum Gasteiger partial charge on any atom is 0.416 e. The second kappa shape index (κ2) is 8.98. The van der Waals surface area contributed by atoms with E-state index in [4.69, 9.17) is 0 Å². The van der Waals surface area contributed by atoms with Gasteiger partial charge < -0.3 is 0 Å². The van der Waals surface area contributed by atoms with E-state index >= 15 is 0 Å². The lowest BCUT2D eigenvalue weighted by Gasteiger charge is -2.11. The van der Waals surface area contributed by atoms with Gasteiger partial charge in [-0.25, -0.2) is 0 Å². The van der Waals surface area contributed by atoms with Gasteiger partial charge in [-0.15, -0.1) is 0 Å². The van der Waals surface area contributed by atoms with Crippen molar-refractivity contribution in [3.05, 3.63) is 67.6 Å². The van der Waals surface area contributed by atoms with Gasteiger partial charge in [0.25, 0.3) is 0 Å². The molecule has 152 valence electrons. The first kappa shape index (κ1) is 22.9. The number of alkyl halides is 6. The molecule has 0 atom stereocenters. The number of hydrogen-bond acceptors (Lipinski definition) is 1. The van der Waals surface area contributed by atoms with Crippen LogP contribution < -0.4 is 0 Å². The average Bonchev–Trinajstić information content (AvgIpc) is 2.58. The molecule has 0 amide bonds. The minimum atomic E-state index is -4.48. The SMILES string of the molecule is O=C(CCc1cc(C(F)(F)F)ccc1Br)CCc1cc(C(F)(F)F)ccc1Br. The summed E-state index contributed by atoms with van der Waals surface area (Å²) >= 11 is 6.34. The van der Waals surface area contributed by atoms with Crippen molar-refractivity contribution in [3.8, 4) is 0 Å². The molecule has 9 heteroatoms. The number of ketones is 1. The zero-order valence-corrected chi connectivity index (χ0v) is 17.4. The minimum Gasteiger partial charge on any atom is -0.300 e. The zero-order valence-electron chi connectivity index (χ0n) is 14.2. The van der Waals surface area contributed by atoms with Crippen molar-refractivity contribution >= 4 is 37.6 Å². The molecule has 0 aliphatic heterocycles. The molecular weight excluding hydrogens is 518 g/mol. The average molecular weight is 532 g/mol. The van der Waals surface area contributed by atoms with Crippen LogP contribution in [0.25, 0.3) is 0 Å². The Morgan fingerprint density at radius 3 is 1.39 bits per heavy atom. The van der Waals surface area contributed by atoms with Gasteiger partial charge >= 0.3 is 12.4 Å². The molecule has 0 N–H and O–H groups in total. The summed E-state index contributed by atoms with van der Waals surface area (Å²) in [5.41, 5.74) is -0.899. The quantitative estimate of drug-likeness (QED) is 0.355. The molecule has 2 rings (SSSR count). The van der Waals surface area contributed by atoms with Crippen LogP contribution in [0.15, 0.2) is 45.3 Å². The number of aryl methyl sites for hydroxylation is 2. The van der Waals surface area contributed by atoms with Crippen LogP contribution in [0.2, 0.25) is 0 Å². The molecule has 0 bridgehead atoms. The number of carbonyl (C=O) groups excluding carboxylic acids is 1. The van der Waals surface area contributed by atoms with E-state index in [-0.39, 0.29) is 31.5 Å². The Balaban J connectivity index is 1.99. The molecule has 0 saturated carbocycles. The van der Waals surface area contributed by atoms with Crippen molar-refractivity contribution in [3.63, 3.8) is 0 Å². The lowest BCUT2D eigenvalue weighted by atomic mass is 10.00. The third-order valence-electron chi connectivity index (χ3n) is 4.09. The number of halogens is 8. The molecule has 0 saturated heterocycles. The largest absolute Gasteiger partial charge is 0.416 e. The second-order valence-electron chi connectivity index (χ2n) is 6.15. The Kier molecular flexibility index (Phi) is 7.36. The molecule has 0 aliphatic rings. The summed E-state index contributed by atoms with van der Waals surface area (Å²) in [5.74, 6) is -0.242. The van der Waals surface area contributed by atoms with Gasteiger partial charge in [0.1, 0.15) is 5.78 Å². The van der Waals surface area contributed by atoms with Gasteiger partial charge in [0.05, 0.1) is 11.1 Å². The van der Waals surface area contributed by atoms with Crippen molar-refractivity contribution in [1.29, 1.82) is 0 Å². The molecule has 0 aromatic heterocycles. The van der Waals surface area contributed by atoms with Crippen LogP contribution in [0.5, 0.6) is 0 Å². The first-order valence-corrected chi connectivity index (χ1v) is 9.69. The summed E-state index contributed by atoms with van der Waals surface area (Å²) < 4.78 is 77.7. The van der Waals surface area contributed by atoms with E-state index in [0.717, 1.165) is 24.3 Å². The molecule has 2 aromatic rings. The first-order valence-electron chi connectivity index (χ1n) is 8.11. The fraction of sp³-hybridized carbons (Fsp3) is 0.316. The number of Topliss-reactive ketones (excluding diaryl/α,β-unsaturated/α-hetero) is 1. The van der Waals surface area contributed by atoms with Crippen molar-refractivity contribution in [1.82, 2.24) is 0 Å². The molecule has 2 aromatic carbocycles. The van der Waals surface area contributed by atoms with Gasteiger partial charge in [-0.05, 0) is 60.4 Å². The lowest BCUT2D eigenvalue weighted by molar-refractivity contribution is -0.138. The van der Waals surface area contributed by atoms with E-state index in [1.165, 1.54) is 12.1 Å². The van der Waals surface area contributed by atoms with E-state index in [0.29, 0.717) is 20.1 Å².